The second-order valence-electron chi connectivity index (χ2n) is 6.89. The first kappa shape index (κ1) is 16.5. The molecule has 0 bridgehead atoms. The number of likely N-dealkylation sites (tertiary alicyclic amines) is 1. The lowest BCUT2D eigenvalue weighted by molar-refractivity contribution is -0.118. The minimum atomic E-state index is -0.447. The van der Waals surface area contributed by atoms with Crippen molar-refractivity contribution >= 4 is 11.6 Å². The molecule has 2 atom stereocenters. The molecule has 1 aromatic carbocycles. The van der Waals surface area contributed by atoms with Gasteiger partial charge in [0.2, 0.25) is 5.91 Å². The summed E-state index contributed by atoms with van der Waals surface area (Å²) in [5, 5.41) is 10.6. The van der Waals surface area contributed by atoms with E-state index in [2.05, 4.69) is 17.9 Å². The molecule has 126 valence electrons. The molecule has 1 fully saturated rings. The van der Waals surface area contributed by atoms with Crippen LogP contribution in [0.15, 0.2) is 18.2 Å². The second-order valence-corrected chi connectivity index (χ2v) is 6.89. The maximum absolute atomic E-state index is 12.0. The molecular weight excluding hydrogens is 288 g/mol. The quantitative estimate of drug-likeness (QED) is 0.929. The van der Waals surface area contributed by atoms with Gasteiger partial charge in [-0.2, -0.15) is 0 Å². The Morgan fingerprint density at radius 3 is 2.91 bits per heavy atom. The molecule has 0 radical (unpaired) electrons. The van der Waals surface area contributed by atoms with Crippen molar-refractivity contribution in [1.29, 1.82) is 0 Å². The van der Waals surface area contributed by atoms with Gasteiger partial charge in [-0.1, -0.05) is 25.5 Å². The van der Waals surface area contributed by atoms with E-state index in [0.29, 0.717) is 19.0 Å². The summed E-state index contributed by atoms with van der Waals surface area (Å²) in [5.74, 6) is 0.180. The fourth-order valence-corrected chi connectivity index (χ4v) is 3.84. The fourth-order valence-electron chi connectivity index (χ4n) is 3.84. The number of aliphatic hydroxyl groups is 1. The number of carbonyl (C=O) groups excluding carboxylic acids is 1. The molecule has 1 N–H and O–H groups in total. The van der Waals surface area contributed by atoms with Crippen molar-refractivity contribution in [2.45, 2.75) is 58.1 Å². The van der Waals surface area contributed by atoms with Crippen LogP contribution in [0.2, 0.25) is 0 Å². The number of amides is 1. The van der Waals surface area contributed by atoms with Crippen molar-refractivity contribution in [2.24, 2.45) is 0 Å². The van der Waals surface area contributed by atoms with E-state index in [1.807, 2.05) is 24.0 Å². The molecule has 2 aliphatic heterocycles. The van der Waals surface area contributed by atoms with E-state index < -0.39 is 6.10 Å². The zero-order chi connectivity index (χ0) is 16.4. The van der Waals surface area contributed by atoms with E-state index >= 15 is 0 Å². The zero-order valence-electron chi connectivity index (χ0n) is 14.3. The first-order valence-electron chi connectivity index (χ1n) is 8.95. The van der Waals surface area contributed by atoms with Crippen molar-refractivity contribution in [3.05, 3.63) is 29.3 Å². The van der Waals surface area contributed by atoms with Crippen LogP contribution in [-0.2, 0) is 11.2 Å². The lowest BCUT2D eigenvalue weighted by Gasteiger charge is -2.34. The number of hydrogen-bond acceptors (Lipinski definition) is 3. The van der Waals surface area contributed by atoms with Gasteiger partial charge in [0, 0.05) is 31.2 Å². The van der Waals surface area contributed by atoms with Crippen LogP contribution in [0, 0.1) is 0 Å². The highest BCUT2D eigenvalue weighted by Crippen LogP contribution is 2.31. The lowest BCUT2D eigenvalue weighted by atomic mass is 10.00. The van der Waals surface area contributed by atoms with Crippen LogP contribution in [0.3, 0.4) is 0 Å². The fraction of sp³-hybridized carbons (Fsp3) is 0.632. The Hall–Kier alpha value is -1.39. The Morgan fingerprint density at radius 1 is 1.35 bits per heavy atom. The van der Waals surface area contributed by atoms with Crippen LogP contribution in [0.25, 0.3) is 0 Å². The third-order valence-corrected chi connectivity index (χ3v) is 5.34. The van der Waals surface area contributed by atoms with Crippen molar-refractivity contribution < 1.29 is 9.90 Å². The summed E-state index contributed by atoms with van der Waals surface area (Å²) < 4.78 is 0. The van der Waals surface area contributed by atoms with Crippen LogP contribution in [0.4, 0.5) is 5.69 Å². The average molecular weight is 316 g/mol. The van der Waals surface area contributed by atoms with E-state index in [1.54, 1.807) is 0 Å². The minimum Gasteiger partial charge on any atom is -0.387 e. The number of aliphatic hydroxyl groups excluding tert-OH is 1. The van der Waals surface area contributed by atoms with Gasteiger partial charge in [-0.25, -0.2) is 0 Å². The summed E-state index contributed by atoms with van der Waals surface area (Å²) >= 11 is 0. The van der Waals surface area contributed by atoms with Crippen molar-refractivity contribution in [3.8, 4) is 0 Å². The van der Waals surface area contributed by atoms with Gasteiger partial charge in [0.25, 0.3) is 0 Å². The predicted molar refractivity (Wildman–Crippen MR) is 92.6 cm³/mol. The summed E-state index contributed by atoms with van der Waals surface area (Å²) in [6, 6.07) is 6.65. The molecule has 2 heterocycles. The van der Waals surface area contributed by atoms with Gasteiger partial charge in [-0.05, 0) is 49.9 Å². The number of rotatable bonds is 4. The summed E-state index contributed by atoms with van der Waals surface area (Å²) in [5.41, 5.74) is 3.20. The lowest BCUT2D eigenvalue weighted by Crippen LogP contribution is -2.40. The monoisotopic (exact) mass is 316 g/mol. The van der Waals surface area contributed by atoms with Gasteiger partial charge in [0.05, 0.1) is 6.10 Å². The molecule has 1 amide bonds. The topological polar surface area (TPSA) is 43.8 Å². The molecule has 0 aliphatic carbocycles. The summed E-state index contributed by atoms with van der Waals surface area (Å²) in [7, 11) is 0. The van der Waals surface area contributed by atoms with Gasteiger partial charge >= 0.3 is 0 Å². The summed E-state index contributed by atoms with van der Waals surface area (Å²) in [6.45, 7) is 6.71. The molecule has 4 heteroatoms. The summed E-state index contributed by atoms with van der Waals surface area (Å²) in [4.78, 5) is 16.2. The van der Waals surface area contributed by atoms with Crippen LogP contribution in [0.5, 0.6) is 0 Å². The van der Waals surface area contributed by atoms with Gasteiger partial charge in [0.15, 0.2) is 0 Å². The molecule has 1 aromatic rings. The van der Waals surface area contributed by atoms with Gasteiger partial charge in [-0.3, -0.25) is 9.69 Å². The number of anilines is 1. The summed E-state index contributed by atoms with van der Waals surface area (Å²) in [6.07, 6.45) is 4.74. The third kappa shape index (κ3) is 3.43. The number of β-amino-alcohol motifs (C(OH)–C–C–N with tert-alkyl or cyclic N) is 1. The largest absolute Gasteiger partial charge is 0.387 e. The number of hydrogen-bond donors (Lipinski definition) is 1. The Morgan fingerprint density at radius 2 is 2.17 bits per heavy atom. The smallest absolute Gasteiger partial charge is 0.226 e. The Balaban J connectivity index is 1.71. The number of nitrogens with zero attached hydrogens (tertiary/aromatic N) is 2. The highest BCUT2D eigenvalue weighted by atomic mass is 16.3. The molecule has 0 saturated carbocycles. The number of benzene rings is 1. The number of fused-ring (bicyclic) bond motifs is 1. The first-order valence-corrected chi connectivity index (χ1v) is 8.95. The highest BCUT2D eigenvalue weighted by Gasteiger charge is 2.26. The molecule has 4 nitrogen and oxygen atoms in total. The second kappa shape index (κ2) is 7.02. The minimum absolute atomic E-state index is 0.180. The van der Waals surface area contributed by atoms with E-state index in [4.69, 9.17) is 0 Å². The molecule has 23 heavy (non-hydrogen) atoms. The predicted octanol–water partition coefficient (Wildman–Crippen LogP) is 2.89. The molecule has 1 saturated heterocycles. The van der Waals surface area contributed by atoms with Crippen molar-refractivity contribution in [2.75, 3.05) is 24.5 Å². The van der Waals surface area contributed by atoms with Crippen LogP contribution < -0.4 is 4.90 Å². The Bertz CT molecular complexity index is 572. The normalized spacial score (nSPS) is 22.9. The van der Waals surface area contributed by atoms with E-state index in [-0.39, 0.29) is 5.91 Å². The Labute approximate surface area is 139 Å². The van der Waals surface area contributed by atoms with Crippen LogP contribution in [0.1, 0.15) is 56.8 Å². The molecule has 2 aliphatic rings. The molecule has 3 rings (SSSR count). The van der Waals surface area contributed by atoms with Gasteiger partial charge in [-0.15, -0.1) is 0 Å². The van der Waals surface area contributed by atoms with Crippen molar-refractivity contribution in [3.63, 3.8) is 0 Å². The molecular formula is C19H28N2O2. The van der Waals surface area contributed by atoms with E-state index in [9.17, 15) is 9.90 Å². The zero-order valence-corrected chi connectivity index (χ0v) is 14.3. The average Bonchev–Trinajstić information content (AvgIpc) is 2.99. The number of carbonyl (C=O) groups is 1. The van der Waals surface area contributed by atoms with Gasteiger partial charge < -0.3 is 10.0 Å². The molecule has 0 aromatic heterocycles. The maximum atomic E-state index is 12.0. The standard InChI is InChI=1S/C19H28N2O2/c1-3-19(23)21-11-9-15-12-16(7-8-17(15)21)18(22)13-20-10-5-4-6-14(20)2/h7-8,12,14,18,22H,3-6,9-11,13H2,1-2H3/t14-,18+/m0/s1. The molecule has 0 spiro atoms. The van der Waals surface area contributed by atoms with Crippen LogP contribution in [-0.4, -0.2) is 41.6 Å². The first-order chi connectivity index (χ1) is 11.1. The highest BCUT2D eigenvalue weighted by molar-refractivity contribution is 5.95. The van der Waals surface area contributed by atoms with Crippen LogP contribution >= 0.6 is 0 Å². The van der Waals surface area contributed by atoms with E-state index in [1.165, 1.54) is 24.8 Å². The SMILES string of the molecule is CCC(=O)N1CCc2cc([C@H](O)CN3CCCC[C@@H]3C)ccc21. The maximum Gasteiger partial charge on any atom is 0.226 e. The third-order valence-electron chi connectivity index (χ3n) is 5.34. The molecule has 0 unspecified atom stereocenters. The number of piperidine rings is 1. The van der Waals surface area contributed by atoms with E-state index in [0.717, 1.165) is 30.8 Å². The van der Waals surface area contributed by atoms with Gasteiger partial charge in [0.1, 0.15) is 0 Å². The van der Waals surface area contributed by atoms with Crippen molar-refractivity contribution in [1.82, 2.24) is 4.90 Å². The Kier molecular flexibility index (Phi) is 5.02.